The molecule has 0 aromatic rings. The molecular weight excluding hydrogens is 154 g/mol. The maximum atomic E-state index is 10.6. The number of carbonyl (C=O) groups excluding carboxylic acids is 2. The highest BCUT2D eigenvalue weighted by Gasteiger charge is 2.18. The molecule has 0 saturated carbocycles. The summed E-state index contributed by atoms with van der Waals surface area (Å²) in [6.07, 6.45) is 0. The third-order valence-corrected chi connectivity index (χ3v) is 1.23. The van der Waals surface area contributed by atoms with Gasteiger partial charge in [-0.05, 0) is 25.4 Å². The van der Waals surface area contributed by atoms with Crippen molar-refractivity contribution in [3.63, 3.8) is 0 Å². The molecule has 2 amide bonds. The zero-order chi connectivity index (χ0) is 8.31. The molecular formula is C6H10ClNO2. The number of hydrogen-bond acceptors (Lipinski definition) is 2. The monoisotopic (exact) mass is 163 g/mol. The summed E-state index contributed by atoms with van der Waals surface area (Å²) in [5.74, 6) is -0.324. The molecule has 4 heteroatoms. The molecule has 0 aliphatic rings. The van der Waals surface area contributed by atoms with Gasteiger partial charge in [0.25, 0.3) is 0 Å². The zero-order valence-corrected chi connectivity index (χ0v) is 6.97. The fraction of sp³-hybridized carbons (Fsp3) is 0.667. The largest absolute Gasteiger partial charge is 0.323 e. The summed E-state index contributed by atoms with van der Waals surface area (Å²) >= 11 is 5.10. The summed E-state index contributed by atoms with van der Waals surface area (Å²) in [5.41, 5.74) is 0. The van der Waals surface area contributed by atoms with E-state index in [1.54, 1.807) is 13.8 Å². The highest BCUT2D eigenvalue weighted by molar-refractivity contribution is 6.64. The van der Waals surface area contributed by atoms with Crippen molar-refractivity contribution in [2.75, 3.05) is 0 Å². The first-order chi connectivity index (χ1) is 4.46. The molecule has 0 aliphatic heterocycles. The van der Waals surface area contributed by atoms with Gasteiger partial charge in [-0.25, -0.2) is 0 Å². The Morgan fingerprint density at radius 2 is 1.80 bits per heavy atom. The molecule has 0 rings (SSSR count). The number of imide groups is 1. The normalized spacial score (nSPS) is 9.70. The molecule has 0 spiro atoms. The van der Waals surface area contributed by atoms with Crippen LogP contribution in [0.2, 0.25) is 0 Å². The summed E-state index contributed by atoms with van der Waals surface area (Å²) in [7, 11) is 0. The van der Waals surface area contributed by atoms with Gasteiger partial charge in [0.1, 0.15) is 0 Å². The van der Waals surface area contributed by atoms with E-state index in [9.17, 15) is 9.59 Å². The first-order valence-corrected chi connectivity index (χ1v) is 3.34. The average molecular weight is 164 g/mol. The van der Waals surface area contributed by atoms with Gasteiger partial charge < -0.3 is 0 Å². The third kappa shape index (κ3) is 2.35. The number of carbonyl (C=O) groups is 2. The Kier molecular flexibility index (Phi) is 3.36. The van der Waals surface area contributed by atoms with Crippen molar-refractivity contribution in [2.45, 2.75) is 26.8 Å². The van der Waals surface area contributed by atoms with Crippen LogP contribution in [0, 0.1) is 0 Å². The van der Waals surface area contributed by atoms with Crippen molar-refractivity contribution in [2.24, 2.45) is 0 Å². The van der Waals surface area contributed by atoms with Crippen LogP contribution in [0.5, 0.6) is 0 Å². The number of amides is 2. The minimum absolute atomic E-state index is 0.164. The van der Waals surface area contributed by atoms with Gasteiger partial charge in [0.2, 0.25) is 5.91 Å². The lowest BCUT2D eigenvalue weighted by molar-refractivity contribution is -0.126. The molecule has 0 unspecified atom stereocenters. The Labute approximate surface area is 65.0 Å². The summed E-state index contributed by atoms with van der Waals surface area (Å²) < 4.78 is 0. The molecule has 0 radical (unpaired) electrons. The van der Waals surface area contributed by atoms with Crippen LogP contribution >= 0.6 is 11.6 Å². The van der Waals surface area contributed by atoms with E-state index < -0.39 is 5.37 Å². The fourth-order valence-electron chi connectivity index (χ4n) is 0.690. The van der Waals surface area contributed by atoms with Gasteiger partial charge in [-0.1, -0.05) is 0 Å². The molecule has 10 heavy (non-hydrogen) atoms. The van der Waals surface area contributed by atoms with Crippen LogP contribution in [0.15, 0.2) is 0 Å². The number of rotatable bonds is 1. The van der Waals surface area contributed by atoms with Crippen LogP contribution in [0.25, 0.3) is 0 Å². The topological polar surface area (TPSA) is 37.4 Å². The predicted molar refractivity (Wildman–Crippen MR) is 38.9 cm³/mol. The summed E-state index contributed by atoms with van der Waals surface area (Å²) in [4.78, 5) is 22.1. The zero-order valence-electron chi connectivity index (χ0n) is 6.22. The van der Waals surface area contributed by atoms with Gasteiger partial charge in [0.05, 0.1) is 0 Å². The Balaban J connectivity index is 4.27. The Morgan fingerprint density at radius 1 is 1.40 bits per heavy atom. The van der Waals surface area contributed by atoms with Crippen molar-refractivity contribution >= 4 is 22.9 Å². The van der Waals surface area contributed by atoms with Crippen LogP contribution < -0.4 is 0 Å². The molecule has 3 nitrogen and oxygen atoms in total. The molecule has 0 saturated heterocycles. The Hall–Kier alpha value is -0.570. The first kappa shape index (κ1) is 9.43. The molecule has 0 aromatic heterocycles. The van der Waals surface area contributed by atoms with Gasteiger partial charge >= 0.3 is 5.37 Å². The third-order valence-electron chi connectivity index (χ3n) is 1.05. The molecule has 0 atom stereocenters. The second-order valence-electron chi connectivity index (χ2n) is 2.24. The van der Waals surface area contributed by atoms with Crippen molar-refractivity contribution in [3.05, 3.63) is 0 Å². The molecule has 0 aromatic carbocycles. The molecule has 58 valence electrons. The smallest absolute Gasteiger partial charge is 0.275 e. The van der Waals surface area contributed by atoms with Crippen LogP contribution in [0.3, 0.4) is 0 Å². The van der Waals surface area contributed by atoms with E-state index in [0.29, 0.717) is 0 Å². The van der Waals surface area contributed by atoms with Gasteiger partial charge in [-0.2, -0.15) is 0 Å². The van der Waals surface area contributed by atoms with Crippen molar-refractivity contribution in [1.29, 1.82) is 0 Å². The average Bonchev–Trinajstić information content (AvgIpc) is 1.59. The van der Waals surface area contributed by atoms with Crippen LogP contribution in [-0.2, 0) is 4.79 Å². The van der Waals surface area contributed by atoms with Crippen LogP contribution in [-0.4, -0.2) is 22.2 Å². The van der Waals surface area contributed by atoms with Gasteiger partial charge in [-0.3, -0.25) is 14.5 Å². The minimum Gasteiger partial charge on any atom is -0.275 e. The maximum Gasteiger partial charge on any atom is 0.323 e. The van der Waals surface area contributed by atoms with E-state index in [0.717, 1.165) is 4.90 Å². The van der Waals surface area contributed by atoms with Crippen molar-refractivity contribution in [3.8, 4) is 0 Å². The van der Waals surface area contributed by atoms with Gasteiger partial charge in [0, 0.05) is 13.0 Å². The number of halogens is 1. The second kappa shape index (κ2) is 3.56. The highest BCUT2D eigenvalue weighted by Crippen LogP contribution is 2.02. The minimum atomic E-state index is -0.720. The highest BCUT2D eigenvalue weighted by atomic mass is 35.5. The Bertz CT molecular complexity index is 142. The Morgan fingerprint density at radius 3 is 1.80 bits per heavy atom. The molecule has 0 N–H and O–H groups in total. The van der Waals surface area contributed by atoms with E-state index in [4.69, 9.17) is 11.6 Å². The van der Waals surface area contributed by atoms with Crippen molar-refractivity contribution < 1.29 is 9.59 Å². The molecule has 0 bridgehead atoms. The van der Waals surface area contributed by atoms with E-state index in [2.05, 4.69) is 0 Å². The lowest BCUT2D eigenvalue weighted by atomic mass is 10.3. The number of nitrogens with zero attached hydrogens (tertiary/aromatic N) is 1. The SMILES string of the molecule is CC(=O)N(C(=O)Cl)C(C)C. The fourth-order valence-corrected chi connectivity index (χ4v) is 1.00. The van der Waals surface area contributed by atoms with E-state index in [1.807, 2.05) is 0 Å². The van der Waals surface area contributed by atoms with E-state index >= 15 is 0 Å². The molecule has 0 fully saturated rings. The predicted octanol–water partition coefficient (Wildman–Crippen LogP) is 1.60. The summed E-state index contributed by atoms with van der Waals surface area (Å²) in [5, 5.41) is -0.720. The standard InChI is InChI=1S/C6H10ClNO2/c1-4(2)8(5(3)9)6(7)10/h4H,1-3H3. The van der Waals surface area contributed by atoms with Gasteiger partial charge in [-0.15, -0.1) is 0 Å². The second-order valence-corrected chi connectivity index (χ2v) is 2.56. The van der Waals surface area contributed by atoms with Crippen molar-refractivity contribution in [1.82, 2.24) is 4.90 Å². The molecule has 0 aliphatic carbocycles. The summed E-state index contributed by atoms with van der Waals surface area (Å²) in [6, 6.07) is -0.164. The lowest BCUT2D eigenvalue weighted by Crippen LogP contribution is -2.36. The van der Waals surface area contributed by atoms with E-state index in [1.165, 1.54) is 6.92 Å². The van der Waals surface area contributed by atoms with Crippen LogP contribution in [0.4, 0.5) is 4.79 Å². The number of hydrogen-bond donors (Lipinski definition) is 0. The van der Waals surface area contributed by atoms with E-state index in [-0.39, 0.29) is 11.9 Å². The van der Waals surface area contributed by atoms with Gasteiger partial charge in [0.15, 0.2) is 0 Å². The first-order valence-electron chi connectivity index (χ1n) is 2.96. The lowest BCUT2D eigenvalue weighted by Gasteiger charge is -2.19. The quantitative estimate of drug-likeness (QED) is 0.435. The van der Waals surface area contributed by atoms with Crippen LogP contribution in [0.1, 0.15) is 20.8 Å². The molecule has 0 heterocycles. The maximum absolute atomic E-state index is 10.6. The summed E-state index contributed by atoms with van der Waals surface area (Å²) in [6.45, 7) is 4.75.